The molecule has 102 valence electrons. The van der Waals surface area contributed by atoms with Crippen LogP contribution in [0.1, 0.15) is 20.3 Å². The molecule has 0 unspecified atom stereocenters. The number of hydrogen-bond donors (Lipinski definition) is 0. The molecule has 0 radical (unpaired) electrons. The first-order chi connectivity index (χ1) is 9.59. The van der Waals surface area contributed by atoms with E-state index in [1.54, 1.807) is 0 Å². The zero-order valence-corrected chi connectivity index (χ0v) is 11.7. The van der Waals surface area contributed by atoms with E-state index in [2.05, 4.69) is 6.07 Å². The highest BCUT2D eigenvalue weighted by Crippen LogP contribution is 2.26. The van der Waals surface area contributed by atoms with Crippen LogP contribution in [0.25, 0.3) is 0 Å². The summed E-state index contributed by atoms with van der Waals surface area (Å²) in [6, 6.07) is 19.1. The summed E-state index contributed by atoms with van der Waals surface area (Å²) in [6.45, 7) is 3.79. The van der Waals surface area contributed by atoms with Crippen molar-refractivity contribution in [2.75, 3.05) is 0 Å². The maximum Gasteiger partial charge on any atom is 0.127 e. The molecule has 0 atom stereocenters. The average molecular weight is 267 g/mol. The standard InChI is InChI=1S/C17H17NO2/c1-17(2,12-13-18)20-16-10-8-15(9-11-16)19-14-6-4-3-5-7-14/h3-11H,12H2,1-2H3. The van der Waals surface area contributed by atoms with E-state index in [9.17, 15) is 0 Å². The van der Waals surface area contributed by atoms with Gasteiger partial charge in [0.2, 0.25) is 0 Å². The van der Waals surface area contributed by atoms with Gasteiger partial charge in [-0.2, -0.15) is 5.26 Å². The second-order valence-corrected chi connectivity index (χ2v) is 5.08. The van der Waals surface area contributed by atoms with Gasteiger partial charge in [-0.3, -0.25) is 0 Å². The summed E-state index contributed by atoms with van der Waals surface area (Å²) in [5.41, 5.74) is -0.490. The first-order valence-electron chi connectivity index (χ1n) is 6.48. The Morgan fingerprint density at radius 3 is 2.05 bits per heavy atom. The number of nitrogens with zero attached hydrogens (tertiary/aromatic N) is 1. The average Bonchev–Trinajstić information content (AvgIpc) is 2.42. The van der Waals surface area contributed by atoms with Crippen LogP contribution in [-0.2, 0) is 0 Å². The van der Waals surface area contributed by atoms with Crippen molar-refractivity contribution in [3.05, 3.63) is 54.6 Å². The summed E-state index contributed by atoms with van der Waals surface area (Å²) < 4.78 is 11.5. The quantitative estimate of drug-likeness (QED) is 0.798. The summed E-state index contributed by atoms with van der Waals surface area (Å²) >= 11 is 0. The van der Waals surface area contributed by atoms with Gasteiger partial charge in [0, 0.05) is 0 Å². The molecule has 0 amide bonds. The summed E-state index contributed by atoms with van der Waals surface area (Å²) in [4.78, 5) is 0. The molecule has 3 heteroatoms. The number of ether oxygens (including phenoxy) is 2. The van der Waals surface area contributed by atoms with E-state index in [-0.39, 0.29) is 0 Å². The fraction of sp³-hybridized carbons (Fsp3) is 0.235. The predicted octanol–water partition coefficient (Wildman–Crippen LogP) is 4.55. The maximum absolute atomic E-state index is 8.74. The Kier molecular flexibility index (Phi) is 4.27. The zero-order valence-electron chi connectivity index (χ0n) is 11.7. The minimum Gasteiger partial charge on any atom is -0.487 e. The Balaban J connectivity index is 2.02. The minimum atomic E-state index is -0.490. The Labute approximate surface area is 119 Å². The van der Waals surface area contributed by atoms with Gasteiger partial charge in [-0.1, -0.05) is 18.2 Å². The van der Waals surface area contributed by atoms with Gasteiger partial charge in [0.15, 0.2) is 0 Å². The maximum atomic E-state index is 8.74. The highest BCUT2D eigenvalue weighted by Gasteiger charge is 2.19. The van der Waals surface area contributed by atoms with Gasteiger partial charge in [-0.15, -0.1) is 0 Å². The fourth-order valence-electron chi connectivity index (χ4n) is 1.75. The van der Waals surface area contributed by atoms with Crippen LogP contribution < -0.4 is 9.47 Å². The van der Waals surface area contributed by atoms with Gasteiger partial charge in [0.1, 0.15) is 22.8 Å². The van der Waals surface area contributed by atoms with Crippen LogP contribution >= 0.6 is 0 Å². The monoisotopic (exact) mass is 267 g/mol. The molecule has 2 rings (SSSR count). The molecule has 0 N–H and O–H groups in total. The van der Waals surface area contributed by atoms with E-state index in [4.69, 9.17) is 14.7 Å². The molecule has 0 bridgehead atoms. The van der Waals surface area contributed by atoms with Crippen molar-refractivity contribution in [1.82, 2.24) is 0 Å². The van der Waals surface area contributed by atoms with Gasteiger partial charge in [0.25, 0.3) is 0 Å². The second kappa shape index (κ2) is 6.12. The summed E-state index contributed by atoms with van der Waals surface area (Å²) in [5.74, 6) is 2.28. The first-order valence-corrected chi connectivity index (χ1v) is 6.48. The molecule has 0 heterocycles. The van der Waals surface area contributed by atoms with Crippen molar-refractivity contribution in [2.45, 2.75) is 25.9 Å². The first kappa shape index (κ1) is 14.0. The molecule has 0 aliphatic rings. The molecule has 0 aromatic heterocycles. The largest absolute Gasteiger partial charge is 0.487 e. The molecule has 0 saturated heterocycles. The van der Waals surface area contributed by atoms with E-state index in [1.807, 2.05) is 68.4 Å². The molecular weight excluding hydrogens is 250 g/mol. The van der Waals surface area contributed by atoms with Gasteiger partial charge in [-0.05, 0) is 50.2 Å². The SMILES string of the molecule is CC(C)(CC#N)Oc1ccc(Oc2ccccc2)cc1. The fourth-order valence-corrected chi connectivity index (χ4v) is 1.75. The molecule has 2 aromatic rings. The number of nitriles is 1. The van der Waals surface area contributed by atoms with Crippen molar-refractivity contribution in [1.29, 1.82) is 5.26 Å². The molecule has 0 aliphatic heterocycles. The predicted molar refractivity (Wildman–Crippen MR) is 77.9 cm³/mol. The van der Waals surface area contributed by atoms with Crippen molar-refractivity contribution in [2.24, 2.45) is 0 Å². The van der Waals surface area contributed by atoms with E-state index in [1.165, 1.54) is 0 Å². The van der Waals surface area contributed by atoms with Crippen molar-refractivity contribution < 1.29 is 9.47 Å². The second-order valence-electron chi connectivity index (χ2n) is 5.08. The summed E-state index contributed by atoms with van der Waals surface area (Å²) in [6.07, 6.45) is 0.343. The minimum absolute atomic E-state index is 0.343. The van der Waals surface area contributed by atoms with Crippen molar-refractivity contribution in [3.8, 4) is 23.3 Å². The Hall–Kier alpha value is -2.47. The number of para-hydroxylation sites is 1. The van der Waals surface area contributed by atoms with Crippen LogP contribution in [-0.4, -0.2) is 5.60 Å². The third-order valence-corrected chi connectivity index (χ3v) is 2.70. The normalized spacial score (nSPS) is 10.7. The van der Waals surface area contributed by atoms with E-state index in [0.29, 0.717) is 6.42 Å². The van der Waals surface area contributed by atoms with Crippen LogP contribution in [0.3, 0.4) is 0 Å². The van der Waals surface area contributed by atoms with Gasteiger partial charge >= 0.3 is 0 Å². The topological polar surface area (TPSA) is 42.2 Å². The highest BCUT2D eigenvalue weighted by molar-refractivity contribution is 5.35. The third-order valence-electron chi connectivity index (χ3n) is 2.70. The van der Waals surface area contributed by atoms with Crippen LogP contribution in [0.15, 0.2) is 54.6 Å². The van der Waals surface area contributed by atoms with Crippen LogP contribution in [0.5, 0.6) is 17.2 Å². The van der Waals surface area contributed by atoms with Crippen LogP contribution in [0.4, 0.5) is 0 Å². The molecule has 2 aromatic carbocycles. The Morgan fingerprint density at radius 2 is 1.45 bits per heavy atom. The smallest absolute Gasteiger partial charge is 0.127 e. The molecule has 0 fully saturated rings. The molecule has 0 saturated carbocycles. The molecule has 0 aliphatic carbocycles. The van der Waals surface area contributed by atoms with E-state index >= 15 is 0 Å². The lowest BCUT2D eigenvalue weighted by atomic mass is 10.1. The Bertz CT molecular complexity index is 583. The van der Waals surface area contributed by atoms with Gasteiger partial charge < -0.3 is 9.47 Å². The van der Waals surface area contributed by atoms with Gasteiger partial charge in [-0.25, -0.2) is 0 Å². The van der Waals surface area contributed by atoms with Crippen molar-refractivity contribution >= 4 is 0 Å². The lowest BCUT2D eigenvalue weighted by Crippen LogP contribution is -2.27. The van der Waals surface area contributed by atoms with Crippen LogP contribution in [0, 0.1) is 11.3 Å². The third kappa shape index (κ3) is 4.03. The van der Waals surface area contributed by atoms with Crippen LogP contribution in [0.2, 0.25) is 0 Å². The number of benzene rings is 2. The Morgan fingerprint density at radius 1 is 0.900 bits per heavy atom. The molecule has 0 spiro atoms. The zero-order chi connectivity index (χ0) is 14.4. The van der Waals surface area contributed by atoms with Gasteiger partial charge in [0.05, 0.1) is 12.5 Å². The highest BCUT2D eigenvalue weighted by atomic mass is 16.5. The van der Waals surface area contributed by atoms with E-state index < -0.39 is 5.60 Å². The molecular formula is C17H17NO2. The molecule has 3 nitrogen and oxygen atoms in total. The lowest BCUT2D eigenvalue weighted by molar-refractivity contribution is 0.115. The van der Waals surface area contributed by atoms with E-state index in [0.717, 1.165) is 17.2 Å². The van der Waals surface area contributed by atoms with Crippen molar-refractivity contribution in [3.63, 3.8) is 0 Å². The number of rotatable bonds is 5. The molecule has 20 heavy (non-hydrogen) atoms. The summed E-state index contributed by atoms with van der Waals surface area (Å²) in [5, 5.41) is 8.74. The summed E-state index contributed by atoms with van der Waals surface area (Å²) in [7, 11) is 0. The lowest BCUT2D eigenvalue weighted by Gasteiger charge is -2.23. The number of hydrogen-bond acceptors (Lipinski definition) is 3.